The fourth-order valence-corrected chi connectivity index (χ4v) is 2.76. The van der Waals surface area contributed by atoms with E-state index in [2.05, 4.69) is 10.3 Å². The first kappa shape index (κ1) is 15.4. The Balaban J connectivity index is 1.62. The normalized spacial score (nSPS) is 10.8. The van der Waals surface area contributed by atoms with Crippen LogP contribution in [0.1, 0.15) is 10.5 Å². The van der Waals surface area contributed by atoms with Crippen molar-refractivity contribution in [2.24, 2.45) is 0 Å². The van der Waals surface area contributed by atoms with Gasteiger partial charge in [0.2, 0.25) is 0 Å². The average Bonchev–Trinajstić information content (AvgIpc) is 3.08. The highest BCUT2D eigenvalue weighted by atomic mass is 35.5. The molecule has 0 saturated heterocycles. The molecule has 0 atom stereocenters. The van der Waals surface area contributed by atoms with Gasteiger partial charge in [0.1, 0.15) is 11.3 Å². The van der Waals surface area contributed by atoms with Crippen LogP contribution in [-0.4, -0.2) is 15.3 Å². The summed E-state index contributed by atoms with van der Waals surface area (Å²) in [6.45, 7) is 0. The van der Waals surface area contributed by atoms with Crippen molar-refractivity contribution in [2.45, 2.75) is 0 Å². The van der Waals surface area contributed by atoms with Crippen molar-refractivity contribution in [1.82, 2.24) is 9.38 Å². The third kappa shape index (κ3) is 3.25. The number of fused-ring (bicyclic) bond motifs is 1. The molecule has 0 unspecified atom stereocenters. The number of hydrogen-bond donors (Lipinski definition) is 1. The molecular weight excluding hydrogens is 334 g/mol. The first-order valence-corrected chi connectivity index (χ1v) is 8.18. The molecular formula is C20H14ClN3O. The lowest BCUT2D eigenvalue weighted by Crippen LogP contribution is -2.12. The summed E-state index contributed by atoms with van der Waals surface area (Å²) in [7, 11) is 0. The Bertz CT molecular complexity index is 1040. The molecule has 25 heavy (non-hydrogen) atoms. The van der Waals surface area contributed by atoms with Crippen LogP contribution in [0.5, 0.6) is 0 Å². The summed E-state index contributed by atoms with van der Waals surface area (Å²) in [5.41, 5.74) is 3.94. The van der Waals surface area contributed by atoms with Gasteiger partial charge in [-0.1, -0.05) is 41.9 Å². The third-order valence-corrected chi connectivity index (χ3v) is 4.14. The first-order valence-electron chi connectivity index (χ1n) is 7.80. The Labute approximate surface area is 149 Å². The Morgan fingerprint density at radius 1 is 0.880 bits per heavy atom. The first-order chi connectivity index (χ1) is 12.2. The number of carbonyl (C=O) groups is 1. The van der Waals surface area contributed by atoms with Gasteiger partial charge >= 0.3 is 0 Å². The van der Waals surface area contributed by atoms with Crippen LogP contribution in [0.15, 0.2) is 79.1 Å². The van der Waals surface area contributed by atoms with Gasteiger partial charge in [-0.15, -0.1) is 0 Å². The number of carbonyl (C=O) groups excluding carboxylic acids is 1. The number of imidazole rings is 1. The number of amides is 1. The van der Waals surface area contributed by atoms with Crippen LogP contribution in [0.4, 0.5) is 5.69 Å². The molecule has 0 fully saturated rings. The van der Waals surface area contributed by atoms with Gasteiger partial charge in [-0.25, -0.2) is 4.98 Å². The highest BCUT2D eigenvalue weighted by molar-refractivity contribution is 6.30. The summed E-state index contributed by atoms with van der Waals surface area (Å²) < 4.78 is 1.86. The van der Waals surface area contributed by atoms with Crippen molar-refractivity contribution in [3.05, 3.63) is 89.8 Å². The second-order valence-electron chi connectivity index (χ2n) is 5.64. The molecule has 0 bridgehead atoms. The number of halogens is 1. The topological polar surface area (TPSA) is 46.4 Å². The van der Waals surface area contributed by atoms with E-state index < -0.39 is 0 Å². The molecule has 122 valence electrons. The predicted molar refractivity (Wildman–Crippen MR) is 100 cm³/mol. The SMILES string of the molecule is O=C(Nc1ccc(Cl)cc1)c1cn2cc(-c3ccccc3)ccc2n1. The van der Waals surface area contributed by atoms with Crippen molar-refractivity contribution in [1.29, 1.82) is 0 Å². The minimum absolute atomic E-state index is 0.257. The zero-order valence-electron chi connectivity index (χ0n) is 13.2. The molecule has 1 N–H and O–H groups in total. The van der Waals surface area contributed by atoms with Crippen LogP contribution in [0.2, 0.25) is 5.02 Å². The van der Waals surface area contributed by atoms with Gasteiger partial charge in [0.15, 0.2) is 0 Å². The van der Waals surface area contributed by atoms with Gasteiger partial charge in [-0.3, -0.25) is 4.79 Å². The maximum Gasteiger partial charge on any atom is 0.275 e. The lowest BCUT2D eigenvalue weighted by molar-refractivity contribution is 0.102. The van der Waals surface area contributed by atoms with Crippen molar-refractivity contribution < 1.29 is 4.79 Å². The molecule has 2 aromatic heterocycles. The second-order valence-corrected chi connectivity index (χ2v) is 6.07. The zero-order chi connectivity index (χ0) is 17.2. The molecule has 1 amide bonds. The average molecular weight is 348 g/mol. The number of anilines is 1. The second kappa shape index (κ2) is 6.42. The molecule has 0 aliphatic carbocycles. The van der Waals surface area contributed by atoms with Crippen LogP contribution in [0.25, 0.3) is 16.8 Å². The largest absolute Gasteiger partial charge is 0.321 e. The Morgan fingerprint density at radius 2 is 1.64 bits per heavy atom. The van der Waals surface area contributed by atoms with Crippen LogP contribution in [-0.2, 0) is 0 Å². The van der Waals surface area contributed by atoms with Crippen LogP contribution in [0, 0.1) is 0 Å². The van der Waals surface area contributed by atoms with Crippen LogP contribution >= 0.6 is 11.6 Å². The molecule has 2 heterocycles. The third-order valence-electron chi connectivity index (χ3n) is 3.89. The molecule has 0 aliphatic heterocycles. The van der Waals surface area contributed by atoms with E-state index in [1.54, 1.807) is 30.5 Å². The van der Waals surface area contributed by atoms with Gasteiger partial charge in [-0.05, 0) is 47.5 Å². The Morgan fingerprint density at radius 3 is 2.40 bits per heavy atom. The smallest absolute Gasteiger partial charge is 0.275 e. The van der Waals surface area contributed by atoms with E-state index in [4.69, 9.17) is 11.6 Å². The van der Waals surface area contributed by atoms with Gasteiger partial charge in [0, 0.05) is 23.1 Å². The lowest BCUT2D eigenvalue weighted by Gasteiger charge is -2.02. The number of aromatic nitrogens is 2. The van der Waals surface area contributed by atoms with Gasteiger partial charge in [-0.2, -0.15) is 0 Å². The molecule has 0 spiro atoms. The monoisotopic (exact) mass is 347 g/mol. The van der Waals surface area contributed by atoms with E-state index in [0.29, 0.717) is 16.4 Å². The van der Waals surface area contributed by atoms with Gasteiger partial charge in [0.25, 0.3) is 5.91 Å². The van der Waals surface area contributed by atoms with Gasteiger partial charge < -0.3 is 9.72 Å². The Hall–Kier alpha value is -3.11. The minimum Gasteiger partial charge on any atom is -0.321 e. The van der Waals surface area contributed by atoms with Crippen LogP contribution < -0.4 is 5.32 Å². The summed E-state index contributed by atoms with van der Waals surface area (Å²) in [4.78, 5) is 16.8. The fourth-order valence-electron chi connectivity index (χ4n) is 2.63. The molecule has 2 aromatic carbocycles. The highest BCUT2D eigenvalue weighted by Crippen LogP contribution is 2.20. The molecule has 4 aromatic rings. The number of hydrogen-bond acceptors (Lipinski definition) is 2. The van der Waals surface area contributed by atoms with E-state index in [1.165, 1.54) is 0 Å². The summed E-state index contributed by atoms with van der Waals surface area (Å²) in [6.07, 6.45) is 3.70. The predicted octanol–water partition coefficient (Wildman–Crippen LogP) is 4.91. The number of nitrogens with zero attached hydrogens (tertiary/aromatic N) is 2. The molecule has 5 heteroatoms. The summed E-state index contributed by atoms with van der Waals surface area (Å²) >= 11 is 5.86. The minimum atomic E-state index is -0.257. The van der Waals surface area contributed by atoms with Crippen molar-refractivity contribution in [3.8, 4) is 11.1 Å². The molecule has 4 nitrogen and oxygen atoms in total. The standard InChI is InChI=1S/C20H14ClN3O/c21-16-7-9-17(10-8-16)22-20(25)18-13-24-12-15(6-11-19(24)23-18)14-4-2-1-3-5-14/h1-13H,(H,22,25). The number of benzene rings is 2. The number of nitrogens with one attached hydrogen (secondary N) is 1. The van der Waals surface area contributed by atoms with E-state index in [1.807, 2.05) is 53.1 Å². The maximum absolute atomic E-state index is 12.4. The van der Waals surface area contributed by atoms with Crippen molar-refractivity contribution >= 4 is 28.8 Å². The number of pyridine rings is 1. The van der Waals surface area contributed by atoms with Gasteiger partial charge in [0.05, 0.1) is 0 Å². The summed E-state index contributed by atoms with van der Waals surface area (Å²) in [6, 6.07) is 20.9. The van der Waals surface area contributed by atoms with E-state index >= 15 is 0 Å². The molecule has 4 rings (SSSR count). The van der Waals surface area contributed by atoms with E-state index in [-0.39, 0.29) is 5.91 Å². The van der Waals surface area contributed by atoms with Crippen LogP contribution in [0.3, 0.4) is 0 Å². The zero-order valence-corrected chi connectivity index (χ0v) is 13.9. The molecule has 0 aliphatic rings. The number of rotatable bonds is 3. The fraction of sp³-hybridized carbons (Fsp3) is 0. The molecule has 0 radical (unpaired) electrons. The lowest BCUT2D eigenvalue weighted by atomic mass is 10.1. The summed E-state index contributed by atoms with van der Waals surface area (Å²) in [5.74, 6) is -0.257. The maximum atomic E-state index is 12.4. The Kier molecular flexibility index (Phi) is 3.96. The summed E-state index contributed by atoms with van der Waals surface area (Å²) in [5, 5.41) is 3.44. The highest BCUT2D eigenvalue weighted by Gasteiger charge is 2.11. The van der Waals surface area contributed by atoms with E-state index in [9.17, 15) is 4.79 Å². The quantitative estimate of drug-likeness (QED) is 0.572. The molecule has 0 saturated carbocycles. The van der Waals surface area contributed by atoms with Crippen molar-refractivity contribution in [2.75, 3.05) is 5.32 Å². The van der Waals surface area contributed by atoms with Crippen molar-refractivity contribution in [3.63, 3.8) is 0 Å². The van der Waals surface area contributed by atoms with E-state index in [0.717, 1.165) is 16.8 Å².